The van der Waals surface area contributed by atoms with Crippen molar-refractivity contribution in [3.8, 4) is 0 Å². The summed E-state index contributed by atoms with van der Waals surface area (Å²) in [4.78, 5) is 0. The summed E-state index contributed by atoms with van der Waals surface area (Å²) in [6.45, 7) is 1.41. The number of benzene rings is 1. The molecule has 4 nitrogen and oxygen atoms in total. The van der Waals surface area contributed by atoms with E-state index >= 15 is 0 Å². The van der Waals surface area contributed by atoms with Gasteiger partial charge in [-0.15, -0.1) is 5.10 Å². The van der Waals surface area contributed by atoms with E-state index in [-0.39, 0.29) is 17.1 Å². The fourth-order valence-corrected chi connectivity index (χ4v) is 1.25. The standard InChI is InChI=1S/C10H10F4N4/c1-5-2-6(4-17-18-9(15)16)8(11)7(3-5)10(12,13)14/h2-4H,1H3,(H4,15,16,18). The first-order valence-corrected chi connectivity index (χ1v) is 4.71. The number of nitrogens with zero attached hydrogens (tertiary/aromatic N) is 2. The van der Waals surface area contributed by atoms with Crippen molar-refractivity contribution in [3.63, 3.8) is 0 Å². The molecule has 0 atom stereocenters. The van der Waals surface area contributed by atoms with Crippen LogP contribution in [0.25, 0.3) is 0 Å². The summed E-state index contributed by atoms with van der Waals surface area (Å²) in [7, 11) is 0. The molecule has 18 heavy (non-hydrogen) atoms. The molecule has 0 aliphatic rings. The molecule has 0 saturated heterocycles. The maximum atomic E-state index is 13.6. The second kappa shape index (κ2) is 5.03. The summed E-state index contributed by atoms with van der Waals surface area (Å²) in [6.07, 6.45) is -3.95. The van der Waals surface area contributed by atoms with Crippen LogP contribution in [0.4, 0.5) is 17.6 Å². The van der Waals surface area contributed by atoms with E-state index < -0.39 is 17.6 Å². The summed E-state index contributed by atoms with van der Waals surface area (Å²) in [5.41, 5.74) is 8.48. The molecule has 4 N–H and O–H groups in total. The zero-order chi connectivity index (χ0) is 13.9. The maximum absolute atomic E-state index is 13.6. The number of alkyl halides is 3. The molecule has 0 spiro atoms. The first kappa shape index (κ1) is 13.9. The SMILES string of the molecule is Cc1cc(C=NN=C(N)N)c(F)c(C(F)(F)F)c1. The Kier molecular flexibility index (Phi) is 3.89. The third-order valence-electron chi connectivity index (χ3n) is 1.92. The number of nitrogens with two attached hydrogens (primary N) is 2. The fraction of sp³-hybridized carbons (Fsp3) is 0.200. The molecule has 1 aromatic rings. The highest BCUT2D eigenvalue weighted by atomic mass is 19.4. The van der Waals surface area contributed by atoms with Gasteiger partial charge in [0.05, 0.1) is 11.8 Å². The quantitative estimate of drug-likeness (QED) is 0.369. The lowest BCUT2D eigenvalue weighted by molar-refractivity contribution is -0.140. The normalized spacial score (nSPS) is 11.8. The topological polar surface area (TPSA) is 76.8 Å². The lowest BCUT2D eigenvalue weighted by Crippen LogP contribution is -2.21. The van der Waals surface area contributed by atoms with Gasteiger partial charge < -0.3 is 11.5 Å². The van der Waals surface area contributed by atoms with Gasteiger partial charge >= 0.3 is 6.18 Å². The average molecular weight is 262 g/mol. The first-order chi connectivity index (χ1) is 8.21. The molecule has 0 aliphatic carbocycles. The first-order valence-electron chi connectivity index (χ1n) is 4.71. The van der Waals surface area contributed by atoms with Gasteiger partial charge in [-0.25, -0.2) is 4.39 Å². The van der Waals surface area contributed by atoms with Gasteiger partial charge in [-0.2, -0.15) is 18.3 Å². The van der Waals surface area contributed by atoms with E-state index in [0.717, 1.165) is 6.21 Å². The monoisotopic (exact) mass is 262 g/mol. The molecule has 1 aromatic carbocycles. The van der Waals surface area contributed by atoms with Crippen molar-refractivity contribution >= 4 is 12.2 Å². The Bertz CT molecular complexity index is 501. The summed E-state index contributed by atoms with van der Waals surface area (Å²) in [5, 5.41) is 6.45. The van der Waals surface area contributed by atoms with Crippen LogP contribution in [-0.4, -0.2) is 12.2 Å². The molecule has 8 heteroatoms. The van der Waals surface area contributed by atoms with Gasteiger partial charge in [0, 0.05) is 5.56 Å². The minimum Gasteiger partial charge on any atom is -0.369 e. The fourth-order valence-electron chi connectivity index (χ4n) is 1.25. The molecule has 0 aliphatic heterocycles. The van der Waals surface area contributed by atoms with Crippen LogP contribution in [0.15, 0.2) is 22.3 Å². The molecular weight excluding hydrogens is 252 g/mol. The van der Waals surface area contributed by atoms with E-state index in [1.807, 2.05) is 0 Å². The van der Waals surface area contributed by atoms with Crippen molar-refractivity contribution in [1.82, 2.24) is 0 Å². The molecule has 0 radical (unpaired) electrons. The van der Waals surface area contributed by atoms with Crippen molar-refractivity contribution < 1.29 is 17.6 Å². The zero-order valence-electron chi connectivity index (χ0n) is 9.29. The van der Waals surface area contributed by atoms with Crippen molar-refractivity contribution in [3.05, 3.63) is 34.6 Å². The number of guanidine groups is 1. The summed E-state index contributed by atoms with van der Waals surface area (Å²) in [5.74, 6) is -1.79. The van der Waals surface area contributed by atoms with Crippen LogP contribution in [0, 0.1) is 12.7 Å². The third kappa shape index (κ3) is 3.44. The second-order valence-corrected chi connectivity index (χ2v) is 3.48. The molecule has 0 aromatic heterocycles. The van der Waals surface area contributed by atoms with Crippen LogP contribution >= 0.6 is 0 Å². The van der Waals surface area contributed by atoms with Crippen molar-refractivity contribution in [2.24, 2.45) is 21.7 Å². The van der Waals surface area contributed by atoms with E-state index in [2.05, 4.69) is 10.2 Å². The highest BCUT2D eigenvalue weighted by molar-refractivity contribution is 5.82. The Hall–Kier alpha value is -2.12. The van der Waals surface area contributed by atoms with Crippen LogP contribution in [-0.2, 0) is 6.18 Å². The van der Waals surface area contributed by atoms with Gasteiger partial charge in [-0.3, -0.25) is 0 Å². The Morgan fingerprint density at radius 2 is 1.89 bits per heavy atom. The lowest BCUT2D eigenvalue weighted by Gasteiger charge is -2.10. The molecule has 98 valence electrons. The average Bonchev–Trinajstić information content (AvgIpc) is 2.20. The minimum absolute atomic E-state index is 0.245. The Balaban J connectivity index is 3.26. The second-order valence-electron chi connectivity index (χ2n) is 3.48. The summed E-state index contributed by atoms with van der Waals surface area (Å²) in [6, 6.07) is 1.92. The smallest absolute Gasteiger partial charge is 0.369 e. The number of rotatable bonds is 2. The van der Waals surface area contributed by atoms with Crippen molar-refractivity contribution in [1.29, 1.82) is 0 Å². The van der Waals surface area contributed by atoms with Gasteiger partial charge in [-0.1, -0.05) is 0 Å². The van der Waals surface area contributed by atoms with Gasteiger partial charge in [0.1, 0.15) is 5.82 Å². The van der Waals surface area contributed by atoms with Crippen LogP contribution in [0.5, 0.6) is 0 Å². The van der Waals surface area contributed by atoms with Crippen LogP contribution in [0.3, 0.4) is 0 Å². The van der Waals surface area contributed by atoms with E-state index in [1.165, 1.54) is 13.0 Å². The van der Waals surface area contributed by atoms with E-state index in [9.17, 15) is 17.6 Å². The molecule has 0 amide bonds. The van der Waals surface area contributed by atoms with Gasteiger partial charge in [0.2, 0.25) is 5.96 Å². The Morgan fingerprint density at radius 3 is 2.39 bits per heavy atom. The van der Waals surface area contributed by atoms with Crippen LogP contribution in [0.2, 0.25) is 0 Å². The van der Waals surface area contributed by atoms with Crippen LogP contribution < -0.4 is 11.5 Å². The molecule has 0 fully saturated rings. The Labute approximate surface area is 100.0 Å². The van der Waals surface area contributed by atoms with E-state index in [0.29, 0.717) is 6.07 Å². The van der Waals surface area contributed by atoms with Gasteiger partial charge in [0.15, 0.2) is 0 Å². The molecule has 0 bridgehead atoms. The van der Waals surface area contributed by atoms with E-state index in [1.54, 1.807) is 0 Å². The number of halogens is 4. The molecule has 1 rings (SSSR count). The zero-order valence-corrected chi connectivity index (χ0v) is 9.29. The van der Waals surface area contributed by atoms with Gasteiger partial charge in [0.25, 0.3) is 0 Å². The number of hydrogen-bond donors (Lipinski definition) is 2. The summed E-state index contributed by atoms with van der Waals surface area (Å²) < 4.78 is 51.1. The molecular formula is C10H10F4N4. The molecule has 0 unspecified atom stereocenters. The molecule has 0 saturated carbocycles. The lowest BCUT2D eigenvalue weighted by atomic mass is 10.1. The molecule has 0 heterocycles. The number of aryl methyl sites for hydroxylation is 1. The summed E-state index contributed by atoms with van der Waals surface area (Å²) >= 11 is 0. The van der Waals surface area contributed by atoms with Gasteiger partial charge in [-0.05, 0) is 24.6 Å². The van der Waals surface area contributed by atoms with E-state index in [4.69, 9.17) is 11.5 Å². The predicted molar refractivity (Wildman–Crippen MR) is 59.5 cm³/mol. The van der Waals surface area contributed by atoms with Crippen LogP contribution in [0.1, 0.15) is 16.7 Å². The predicted octanol–water partition coefficient (Wildman–Crippen LogP) is 1.76. The largest absolute Gasteiger partial charge is 0.419 e. The Morgan fingerprint density at radius 1 is 1.28 bits per heavy atom. The maximum Gasteiger partial charge on any atom is 0.419 e. The third-order valence-corrected chi connectivity index (χ3v) is 1.92. The minimum atomic E-state index is -4.77. The van der Waals surface area contributed by atoms with Crippen molar-refractivity contribution in [2.75, 3.05) is 0 Å². The highest BCUT2D eigenvalue weighted by Crippen LogP contribution is 2.33. The highest BCUT2D eigenvalue weighted by Gasteiger charge is 2.35. The van der Waals surface area contributed by atoms with Crippen molar-refractivity contribution in [2.45, 2.75) is 13.1 Å². The number of hydrogen-bond acceptors (Lipinski definition) is 2.